The SMILES string of the molecule is CCc1cc(CC)n(-c2cc(C(=O)NC)ccc2N)n1. The van der Waals surface area contributed by atoms with E-state index in [9.17, 15) is 4.79 Å². The number of aryl methyl sites for hydroxylation is 2. The number of carbonyl (C=O) groups excluding carboxylic acids is 1. The average molecular weight is 272 g/mol. The molecule has 0 atom stereocenters. The maximum Gasteiger partial charge on any atom is 0.251 e. The fourth-order valence-corrected chi connectivity index (χ4v) is 2.12. The molecule has 1 heterocycles. The maximum absolute atomic E-state index is 11.7. The molecule has 1 aromatic carbocycles. The Morgan fingerprint density at radius 1 is 1.30 bits per heavy atom. The summed E-state index contributed by atoms with van der Waals surface area (Å²) >= 11 is 0. The standard InChI is InChI=1S/C15H20N4O/c1-4-11-9-12(5-2)19(18-11)14-8-10(15(20)17-3)6-7-13(14)16/h6-9H,4-5,16H2,1-3H3,(H,17,20). The van der Waals surface area contributed by atoms with E-state index in [-0.39, 0.29) is 5.91 Å². The van der Waals surface area contributed by atoms with Gasteiger partial charge in [0.05, 0.1) is 17.1 Å². The van der Waals surface area contributed by atoms with Gasteiger partial charge in [0.1, 0.15) is 0 Å². The van der Waals surface area contributed by atoms with Crippen LogP contribution in [0, 0.1) is 0 Å². The van der Waals surface area contributed by atoms with E-state index in [2.05, 4.69) is 30.3 Å². The topological polar surface area (TPSA) is 72.9 Å². The van der Waals surface area contributed by atoms with E-state index in [4.69, 9.17) is 5.73 Å². The molecular weight excluding hydrogens is 252 g/mol. The average Bonchev–Trinajstić information content (AvgIpc) is 2.90. The minimum absolute atomic E-state index is 0.132. The zero-order valence-electron chi connectivity index (χ0n) is 12.1. The van der Waals surface area contributed by atoms with Crippen molar-refractivity contribution < 1.29 is 4.79 Å². The summed E-state index contributed by atoms with van der Waals surface area (Å²) in [5.41, 5.74) is 10.1. The van der Waals surface area contributed by atoms with Crippen LogP contribution in [0.4, 0.5) is 5.69 Å². The first kappa shape index (κ1) is 14.1. The van der Waals surface area contributed by atoms with Gasteiger partial charge >= 0.3 is 0 Å². The lowest BCUT2D eigenvalue weighted by Crippen LogP contribution is -2.18. The minimum atomic E-state index is -0.132. The maximum atomic E-state index is 11.7. The fourth-order valence-electron chi connectivity index (χ4n) is 2.12. The van der Waals surface area contributed by atoms with Crippen molar-refractivity contribution >= 4 is 11.6 Å². The number of amides is 1. The Balaban J connectivity index is 2.56. The summed E-state index contributed by atoms with van der Waals surface area (Å²) in [7, 11) is 1.61. The second kappa shape index (κ2) is 5.77. The quantitative estimate of drug-likeness (QED) is 0.835. The Hall–Kier alpha value is -2.30. The van der Waals surface area contributed by atoms with Crippen molar-refractivity contribution in [3.63, 3.8) is 0 Å². The number of hydrogen-bond acceptors (Lipinski definition) is 3. The van der Waals surface area contributed by atoms with Crippen LogP contribution in [0.2, 0.25) is 0 Å². The predicted molar refractivity (Wildman–Crippen MR) is 80.1 cm³/mol. The van der Waals surface area contributed by atoms with Gasteiger partial charge in [-0.1, -0.05) is 13.8 Å². The van der Waals surface area contributed by atoms with Gasteiger partial charge in [0.15, 0.2) is 0 Å². The number of nitrogens with two attached hydrogens (primary N) is 1. The molecule has 0 bridgehead atoms. The van der Waals surface area contributed by atoms with E-state index in [0.29, 0.717) is 11.3 Å². The van der Waals surface area contributed by atoms with Crippen LogP contribution < -0.4 is 11.1 Å². The lowest BCUT2D eigenvalue weighted by molar-refractivity contribution is 0.0963. The van der Waals surface area contributed by atoms with Crippen molar-refractivity contribution in [2.75, 3.05) is 12.8 Å². The Kier molecular flexibility index (Phi) is 4.08. The number of aromatic nitrogens is 2. The Labute approximate surface area is 118 Å². The molecule has 3 N–H and O–H groups in total. The highest BCUT2D eigenvalue weighted by Gasteiger charge is 2.12. The van der Waals surface area contributed by atoms with Crippen molar-refractivity contribution in [2.24, 2.45) is 0 Å². The zero-order chi connectivity index (χ0) is 14.7. The summed E-state index contributed by atoms with van der Waals surface area (Å²) in [6.07, 6.45) is 1.73. The molecule has 2 rings (SSSR count). The van der Waals surface area contributed by atoms with Crippen LogP contribution >= 0.6 is 0 Å². The number of benzene rings is 1. The smallest absolute Gasteiger partial charge is 0.251 e. The van der Waals surface area contributed by atoms with Gasteiger partial charge < -0.3 is 11.1 Å². The molecule has 2 aromatic rings. The van der Waals surface area contributed by atoms with Gasteiger partial charge in [-0.05, 0) is 37.1 Å². The highest BCUT2D eigenvalue weighted by Crippen LogP contribution is 2.21. The number of nitrogens with one attached hydrogen (secondary N) is 1. The number of carbonyl (C=O) groups is 1. The van der Waals surface area contributed by atoms with Crippen LogP contribution in [-0.2, 0) is 12.8 Å². The van der Waals surface area contributed by atoms with Gasteiger partial charge in [0.2, 0.25) is 0 Å². The van der Waals surface area contributed by atoms with Gasteiger partial charge in [-0.15, -0.1) is 0 Å². The second-order valence-electron chi connectivity index (χ2n) is 4.60. The third kappa shape index (κ3) is 2.52. The molecule has 0 saturated carbocycles. The van der Waals surface area contributed by atoms with E-state index in [1.165, 1.54) is 0 Å². The second-order valence-corrected chi connectivity index (χ2v) is 4.60. The molecule has 5 nitrogen and oxygen atoms in total. The number of hydrogen-bond donors (Lipinski definition) is 2. The molecule has 20 heavy (non-hydrogen) atoms. The highest BCUT2D eigenvalue weighted by molar-refractivity contribution is 5.95. The van der Waals surface area contributed by atoms with E-state index in [1.807, 2.05) is 4.68 Å². The molecule has 5 heteroatoms. The van der Waals surface area contributed by atoms with Gasteiger partial charge in [0, 0.05) is 18.3 Å². The van der Waals surface area contributed by atoms with E-state index in [1.54, 1.807) is 25.2 Å². The molecule has 0 fully saturated rings. The van der Waals surface area contributed by atoms with Gasteiger partial charge in [0.25, 0.3) is 5.91 Å². The largest absolute Gasteiger partial charge is 0.397 e. The fraction of sp³-hybridized carbons (Fsp3) is 0.333. The Bertz CT molecular complexity index is 631. The molecule has 0 radical (unpaired) electrons. The molecule has 0 aliphatic heterocycles. The van der Waals surface area contributed by atoms with Crippen molar-refractivity contribution in [3.05, 3.63) is 41.2 Å². The summed E-state index contributed by atoms with van der Waals surface area (Å²) in [6, 6.07) is 7.31. The van der Waals surface area contributed by atoms with Crippen LogP contribution in [0.1, 0.15) is 35.6 Å². The number of nitrogens with zero attached hydrogens (tertiary/aromatic N) is 2. The van der Waals surface area contributed by atoms with Crippen molar-refractivity contribution in [2.45, 2.75) is 26.7 Å². The van der Waals surface area contributed by atoms with Crippen LogP contribution in [0.3, 0.4) is 0 Å². The third-order valence-corrected chi connectivity index (χ3v) is 3.31. The van der Waals surface area contributed by atoms with E-state index >= 15 is 0 Å². The highest BCUT2D eigenvalue weighted by atomic mass is 16.1. The summed E-state index contributed by atoms with van der Waals surface area (Å²) in [5.74, 6) is -0.132. The third-order valence-electron chi connectivity index (χ3n) is 3.31. The predicted octanol–water partition coefficient (Wildman–Crippen LogP) is 1.94. The van der Waals surface area contributed by atoms with Crippen LogP contribution in [0.5, 0.6) is 0 Å². The molecule has 0 unspecified atom stereocenters. The molecule has 0 saturated heterocycles. The molecule has 106 valence electrons. The van der Waals surface area contributed by atoms with Crippen LogP contribution in [-0.4, -0.2) is 22.7 Å². The van der Waals surface area contributed by atoms with Crippen LogP contribution in [0.25, 0.3) is 5.69 Å². The van der Waals surface area contributed by atoms with Gasteiger partial charge in [-0.3, -0.25) is 4.79 Å². The number of rotatable bonds is 4. The monoisotopic (exact) mass is 272 g/mol. The normalized spacial score (nSPS) is 10.6. The van der Waals surface area contributed by atoms with Gasteiger partial charge in [-0.25, -0.2) is 4.68 Å². The van der Waals surface area contributed by atoms with Gasteiger partial charge in [-0.2, -0.15) is 5.10 Å². The van der Waals surface area contributed by atoms with Crippen molar-refractivity contribution in [1.82, 2.24) is 15.1 Å². The summed E-state index contributed by atoms with van der Waals surface area (Å²) < 4.78 is 1.83. The summed E-state index contributed by atoms with van der Waals surface area (Å²) in [6.45, 7) is 4.14. The molecule has 0 spiro atoms. The lowest BCUT2D eigenvalue weighted by atomic mass is 10.1. The Morgan fingerprint density at radius 3 is 2.65 bits per heavy atom. The minimum Gasteiger partial charge on any atom is -0.397 e. The van der Waals surface area contributed by atoms with E-state index in [0.717, 1.165) is 29.9 Å². The molecule has 1 aromatic heterocycles. The first-order chi connectivity index (χ1) is 9.60. The molecule has 0 aliphatic rings. The first-order valence-corrected chi connectivity index (χ1v) is 6.80. The Morgan fingerprint density at radius 2 is 2.05 bits per heavy atom. The zero-order valence-corrected chi connectivity index (χ0v) is 12.1. The number of nitrogen functional groups attached to an aromatic ring is 1. The van der Waals surface area contributed by atoms with Crippen LogP contribution in [0.15, 0.2) is 24.3 Å². The van der Waals surface area contributed by atoms with Crippen molar-refractivity contribution in [3.8, 4) is 5.69 Å². The number of anilines is 1. The first-order valence-electron chi connectivity index (χ1n) is 6.80. The summed E-state index contributed by atoms with van der Waals surface area (Å²) in [4.78, 5) is 11.7. The van der Waals surface area contributed by atoms with E-state index < -0.39 is 0 Å². The molecular formula is C15H20N4O. The molecule has 0 aliphatic carbocycles. The summed E-state index contributed by atoms with van der Waals surface area (Å²) in [5, 5.41) is 7.18. The molecule has 1 amide bonds. The lowest BCUT2D eigenvalue weighted by Gasteiger charge is -2.11. The van der Waals surface area contributed by atoms with Crippen molar-refractivity contribution in [1.29, 1.82) is 0 Å².